The second-order valence-corrected chi connectivity index (χ2v) is 2.65. The second-order valence-electron chi connectivity index (χ2n) is 0.448. The molecular weight excluding hydrogens is 301 g/mol. The van der Waals surface area contributed by atoms with Crippen molar-refractivity contribution in [3.63, 3.8) is 0 Å². The summed E-state index contributed by atoms with van der Waals surface area (Å²) in [7, 11) is -3.83. The number of hydrogen-bond acceptors (Lipinski definition) is 2. The molecule has 2 N–H and O–H groups in total. The van der Waals surface area contributed by atoms with Crippen molar-refractivity contribution in [2.24, 2.45) is 0 Å². The minimum Gasteiger partial charge on any atom is -1.00 e. The minimum atomic E-state index is -3.83. The van der Waals surface area contributed by atoms with E-state index in [9.17, 15) is 0 Å². The third kappa shape index (κ3) is 54.1. The van der Waals surface area contributed by atoms with Gasteiger partial charge in [-0.1, -0.05) is 0 Å². The summed E-state index contributed by atoms with van der Waals surface area (Å²) in [5.74, 6) is 0. The van der Waals surface area contributed by atoms with E-state index in [-0.39, 0.29) is 108 Å². The van der Waals surface area contributed by atoms with E-state index >= 15 is 0 Å². The van der Waals surface area contributed by atoms with Gasteiger partial charge in [-0.25, -0.2) is 0 Å². The van der Waals surface area contributed by atoms with Crippen molar-refractivity contribution in [2.45, 2.75) is 0 Å². The zero-order valence-electron chi connectivity index (χ0n) is 6.53. The average molecular weight is 306 g/mol. The molecule has 0 aromatic rings. The fraction of sp³-hybridized carbons (Fsp3) is 0. The first-order valence-electron chi connectivity index (χ1n) is 0.698. The van der Waals surface area contributed by atoms with Gasteiger partial charge in [-0.3, -0.25) is 9.11 Å². The van der Waals surface area contributed by atoms with Crippen molar-refractivity contribution in [3.05, 3.63) is 0 Å². The van der Waals surface area contributed by atoms with Crippen molar-refractivity contribution in [1.82, 2.24) is 0 Å². The van der Waals surface area contributed by atoms with Crippen molar-refractivity contribution >= 4 is 44.2 Å². The van der Waals surface area contributed by atoms with Gasteiger partial charge >= 0.3 is 80.9 Å². The molecule has 0 aromatic carbocycles. The summed E-state index contributed by atoms with van der Waals surface area (Å²) in [5.41, 5.74) is 0. The van der Waals surface area contributed by atoms with E-state index < -0.39 is 9.05 Å². The Morgan fingerprint density at radius 3 is 1.50 bits per heavy atom. The van der Waals surface area contributed by atoms with Gasteiger partial charge in [0.15, 0.2) is 0 Å². The normalized spacial score (nSPS) is 7.25. The quantitative estimate of drug-likeness (QED) is 0.346. The maximum absolute atomic E-state index is 9.11. The van der Waals surface area contributed by atoms with E-state index in [2.05, 4.69) is 11.2 Å². The van der Waals surface area contributed by atoms with Crippen molar-refractivity contribution in [1.29, 1.82) is 0 Å². The summed E-state index contributed by atoms with van der Waals surface area (Å²) in [4.78, 5) is 0. The Balaban J connectivity index is -0.00000000800. The zero-order valence-corrected chi connectivity index (χ0v) is 13.6. The SMILES string of the molecule is I.O=S(O)(O)=S.[H-].[H-].[K+].[Na+]. The third-order valence-electron chi connectivity index (χ3n) is 0. The van der Waals surface area contributed by atoms with Crippen LogP contribution < -0.4 is 80.9 Å². The minimum absolute atomic E-state index is 0. The predicted octanol–water partition coefficient (Wildman–Crippen LogP) is -5.47. The number of rotatable bonds is 0. The van der Waals surface area contributed by atoms with Gasteiger partial charge in [0.25, 0.3) is 9.05 Å². The molecule has 0 amide bonds. The van der Waals surface area contributed by atoms with E-state index in [4.69, 9.17) is 13.3 Å². The summed E-state index contributed by atoms with van der Waals surface area (Å²) in [5, 5.41) is 0. The Hall–Kier alpha value is 3.66. The molecule has 0 bridgehead atoms. The van der Waals surface area contributed by atoms with Crippen LogP contribution in [-0.4, -0.2) is 13.3 Å². The van der Waals surface area contributed by atoms with Crippen LogP contribution in [0.25, 0.3) is 0 Å². The summed E-state index contributed by atoms with van der Waals surface area (Å²) in [6.07, 6.45) is 0. The molecule has 0 rings (SSSR count). The average Bonchev–Trinajstić information content (AvgIpc) is 0.722. The molecular formula is H5IKNaO3S2. The zero-order chi connectivity index (χ0) is 4.50. The summed E-state index contributed by atoms with van der Waals surface area (Å²) < 4.78 is 24.0. The molecule has 0 aliphatic heterocycles. The van der Waals surface area contributed by atoms with Crippen molar-refractivity contribution in [2.75, 3.05) is 0 Å². The van der Waals surface area contributed by atoms with Crippen LogP contribution in [0.2, 0.25) is 0 Å². The van der Waals surface area contributed by atoms with Gasteiger partial charge in [-0.2, -0.15) is 4.21 Å². The van der Waals surface area contributed by atoms with E-state index in [1.165, 1.54) is 0 Å². The largest absolute Gasteiger partial charge is 1.00 e. The van der Waals surface area contributed by atoms with Gasteiger partial charge in [0, 0.05) is 11.2 Å². The Morgan fingerprint density at radius 1 is 1.50 bits per heavy atom. The first kappa shape index (κ1) is 22.6. The summed E-state index contributed by atoms with van der Waals surface area (Å²) >= 11 is 3.47. The van der Waals surface area contributed by atoms with E-state index in [1.54, 1.807) is 0 Å². The molecule has 0 aliphatic rings. The van der Waals surface area contributed by atoms with Crippen LogP contribution in [0.3, 0.4) is 0 Å². The molecule has 0 fully saturated rings. The van der Waals surface area contributed by atoms with E-state index in [0.29, 0.717) is 0 Å². The van der Waals surface area contributed by atoms with Gasteiger partial charge in [0.1, 0.15) is 0 Å². The van der Waals surface area contributed by atoms with Crippen LogP contribution in [0, 0.1) is 0 Å². The first-order valence-corrected chi connectivity index (χ1v) is 3.10. The molecule has 0 heterocycles. The molecule has 0 saturated carbocycles. The molecule has 44 valence electrons. The van der Waals surface area contributed by atoms with Crippen LogP contribution in [0.4, 0.5) is 0 Å². The van der Waals surface area contributed by atoms with Gasteiger partial charge in [-0.15, -0.1) is 24.0 Å². The topological polar surface area (TPSA) is 57.5 Å². The van der Waals surface area contributed by atoms with E-state index in [0.717, 1.165) is 0 Å². The fourth-order valence-electron chi connectivity index (χ4n) is 0. The summed E-state index contributed by atoms with van der Waals surface area (Å²) in [6.45, 7) is 0. The molecule has 0 aliphatic carbocycles. The Kier molecular flexibility index (Phi) is 30.1. The van der Waals surface area contributed by atoms with Crippen LogP contribution in [-0.2, 0) is 20.2 Å². The standard InChI is InChI=1S/HI.K.Na.H2O3S2.2H/c;;;1-5(2,3)4;;/h1H;;;(H2,1,2,3,4);;/q;2*+1;;2*-1. The first-order chi connectivity index (χ1) is 2.00. The molecule has 8 heavy (non-hydrogen) atoms. The van der Waals surface area contributed by atoms with Gasteiger partial charge in [-0.05, 0) is 0 Å². The van der Waals surface area contributed by atoms with Gasteiger partial charge in [0.2, 0.25) is 0 Å². The fourth-order valence-corrected chi connectivity index (χ4v) is 0. The summed E-state index contributed by atoms with van der Waals surface area (Å²) in [6, 6.07) is 0. The number of hydrogen-bond donors (Lipinski definition) is 2. The predicted molar refractivity (Wildman–Crippen MR) is 38.4 cm³/mol. The second kappa shape index (κ2) is 10.7. The molecule has 0 spiro atoms. The van der Waals surface area contributed by atoms with Crippen molar-refractivity contribution in [3.8, 4) is 0 Å². The molecule has 0 aromatic heterocycles. The molecule has 0 radical (unpaired) electrons. The Labute approximate surface area is 138 Å². The van der Waals surface area contributed by atoms with Crippen LogP contribution in [0.15, 0.2) is 0 Å². The van der Waals surface area contributed by atoms with E-state index in [1.807, 2.05) is 0 Å². The maximum Gasteiger partial charge on any atom is 1.00 e. The molecule has 0 saturated heterocycles. The smallest absolute Gasteiger partial charge is 1.00 e. The van der Waals surface area contributed by atoms with Crippen LogP contribution >= 0.6 is 24.0 Å². The number of halogens is 1. The molecule has 0 atom stereocenters. The molecule has 0 unspecified atom stereocenters. The van der Waals surface area contributed by atoms with Gasteiger partial charge in [0.05, 0.1) is 0 Å². The Bertz CT molecular complexity index is 108. The molecule has 3 nitrogen and oxygen atoms in total. The van der Waals surface area contributed by atoms with Gasteiger partial charge < -0.3 is 2.85 Å². The van der Waals surface area contributed by atoms with Crippen LogP contribution in [0.5, 0.6) is 0 Å². The third-order valence-corrected chi connectivity index (χ3v) is 0. The van der Waals surface area contributed by atoms with Crippen LogP contribution in [0.1, 0.15) is 2.85 Å². The van der Waals surface area contributed by atoms with Crippen molar-refractivity contribution < 1.29 is 97.1 Å². The molecule has 8 heteroatoms. The Morgan fingerprint density at radius 2 is 1.50 bits per heavy atom. The maximum atomic E-state index is 9.11. The monoisotopic (exact) mass is 306 g/mol.